The van der Waals surface area contributed by atoms with Crippen LogP contribution < -0.4 is 51.4 Å². The zero-order chi connectivity index (χ0) is 9.36. The third kappa shape index (κ3) is 7.30. The number of aryl methyl sites for hydroxylation is 1. The van der Waals surface area contributed by atoms with Gasteiger partial charge in [-0.1, -0.05) is 51.9 Å². The second-order valence-electron chi connectivity index (χ2n) is 3.81. The predicted molar refractivity (Wildman–Crippen MR) is 59.1 cm³/mol. The zero-order valence-electron chi connectivity index (χ0n) is 9.76. The maximum Gasteiger partial charge on any atom is 1.00 e. The molecule has 0 amide bonds. The van der Waals surface area contributed by atoms with Gasteiger partial charge in [0.25, 0.3) is 0 Å². The van der Waals surface area contributed by atoms with Gasteiger partial charge in [0, 0.05) is 0 Å². The van der Waals surface area contributed by atoms with Crippen LogP contribution in [0, 0.1) is 0 Å². The van der Waals surface area contributed by atoms with E-state index in [0.29, 0.717) is 0 Å². The Bertz CT molecular complexity index is 189. The third-order valence-electron chi connectivity index (χ3n) is 2.55. The summed E-state index contributed by atoms with van der Waals surface area (Å²) in [5, 5.41) is 0. The van der Waals surface area contributed by atoms with Gasteiger partial charge in [0.1, 0.15) is 0 Å². The van der Waals surface area contributed by atoms with Crippen LogP contribution >= 0.6 is 0 Å². The molecule has 0 saturated carbocycles. The number of unbranched alkanes of at least 4 members (excludes halogenated alkanes) is 5. The summed E-state index contributed by atoms with van der Waals surface area (Å²) in [4.78, 5) is 0. The molecule has 1 heteroatoms. The largest absolute Gasteiger partial charge is 1.00 e. The molecule has 0 spiro atoms. The van der Waals surface area contributed by atoms with E-state index in [1.54, 1.807) is 0 Å². The van der Waals surface area contributed by atoms with Crippen molar-refractivity contribution in [2.75, 3.05) is 0 Å². The Morgan fingerprint density at radius 2 is 1.79 bits per heavy atom. The van der Waals surface area contributed by atoms with Crippen LogP contribution in [0.4, 0.5) is 0 Å². The third-order valence-corrected chi connectivity index (χ3v) is 2.55. The van der Waals surface area contributed by atoms with Crippen molar-refractivity contribution in [2.24, 2.45) is 0 Å². The van der Waals surface area contributed by atoms with Crippen molar-refractivity contribution in [3.05, 3.63) is 29.8 Å². The van der Waals surface area contributed by atoms with Crippen molar-refractivity contribution in [1.29, 1.82) is 0 Å². The first-order valence-corrected chi connectivity index (χ1v) is 5.64. The second kappa shape index (κ2) is 10.5. The summed E-state index contributed by atoms with van der Waals surface area (Å²) in [6, 6.07) is 8.72. The Morgan fingerprint density at radius 1 is 1.07 bits per heavy atom. The van der Waals surface area contributed by atoms with E-state index in [9.17, 15) is 0 Å². The van der Waals surface area contributed by atoms with Gasteiger partial charge in [-0.15, -0.1) is 0 Å². The first kappa shape index (κ1) is 15.0. The van der Waals surface area contributed by atoms with E-state index in [2.05, 4.69) is 31.2 Å². The fourth-order valence-electron chi connectivity index (χ4n) is 1.69. The smallest absolute Gasteiger partial charge is 0.213 e. The summed E-state index contributed by atoms with van der Waals surface area (Å²) in [6.45, 7) is 2.27. The number of hydrogen-bond donors (Lipinski definition) is 0. The van der Waals surface area contributed by atoms with Crippen LogP contribution in [-0.2, 0) is 6.42 Å². The Labute approximate surface area is 131 Å². The van der Waals surface area contributed by atoms with Gasteiger partial charge in [0.2, 0.25) is 0 Å². The van der Waals surface area contributed by atoms with Crippen molar-refractivity contribution in [3.63, 3.8) is 0 Å². The molecule has 0 aromatic heterocycles. The SMILES string of the molecule is CCCCCCCCc1ccc[cH-]1.[K+]. The molecule has 0 nitrogen and oxygen atoms in total. The molecule has 0 fully saturated rings. The van der Waals surface area contributed by atoms with Crippen LogP contribution in [0.2, 0.25) is 0 Å². The Morgan fingerprint density at radius 3 is 2.43 bits per heavy atom. The number of hydrogen-bond acceptors (Lipinski definition) is 0. The molecule has 0 heterocycles. The Hall–Kier alpha value is 0.986. The Kier molecular flexibility index (Phi) is 11.2. The van der Waals surface area contributed by atoms with Crippen molar-refractivity contribution in [2.45, 2.75) is 51.9 Å². The maximum absolute atomic E-state index is 2.27. The van der Waals surface area contributed by atoms with E-state index < -0.39 is 0 Å². The molecule has 0 N–H and O–H groups in total. The number of rotatable bonds is 7. The van der Waals surface area contributed by atoms with Crippen molar-refractivity contribution in [3.8, 4) is 0 Å². The van der Waals surface area contributed by atoms with Gasteiger partial charge in [-0.3, -0.25) is 0 Å². The molecular weight excluding hydrogens is 195 g/mol. The van der Waals surface area contributed by atoms with E-state index in [0.717, 1.165) is 0 Å². The second-order valence-corrected chi connectivity index (χ2v) is 3.81. The van der Waals surface area contributed by atoms with Gasteiger partial charge in [0.05, 0.1) is 0 Å². The van der Waals surface area contributed by atoms with E-state index >= 15 is 0 Å². The molecular formula is C13H21K. The van der Waals surface area contributed by atoms with Crippen molar-refractivity contribution in [1.82, 2.24) is 0 Å². The molecule has 0 unspecified atom stereocenters. The van der Waals surface area contributed by atoms with Crippen molar-refractivity contribution < 1.29 is 51.4 Å². The standard InChI is InChI=1S/C13H21.K/c1-2-3-4-5-6-7-10-13-11-8-9-12-13;/h8-9,11-12H,2-7,10H2,1H3;/q-1;+1. The molecule has 0 aliphatic heterocycles. The summed E-state index contributed by atoms with van der Waals surface area (Å²) in [5.74, 6) is 0. The molecule has 0 radical (unpaired) electrons. The first-order valence-electron chi connectivity index (χ1n) is 5.64. The molecule has 74 valence electrons. The minimum Gasteiger partial charge on any atom is -0.213 e. The van der Waals surface area contributed by atoms with Gasteiger partial charge in [-0.25, -0.2) is 12.1 Å². The average Bonchev–Trinajstić information content (AvgIpc) is 2.63. The predicted octanol–water partition coefficient (Wildman–Crippen LogP) is 1.31. The van der Waals surface area contributed by atoms with E-state index in [1.165, 1.54) is 50.5 Å². The monoisotopic (exact) mass is 216 g/mol. The summed E-state index contributed by atoms with van der Waals surface area (Å²) < 4.78 is 0. The molecule has 1 aromatic carbocycles. The summed E-state index contributed by atoms with van der Waals surface area (Å²) in [5.41, 5.74) is 1.51. The van der Waals surface area contributed by atoms with Crippen LogP contribution in [0.1, 0.15) is 51.0 Å². The van der Waals surface area contributed by atoms with Crippen molar-refractivity contribution >= 4 is 0 Å². The van der Waals surface area contributed by atoms with Crippen LogP contribution in [0.3, 0.4) is 0 Å². The molecule has 0 atom stereocenters. The summed E-state index contributed by atoms with van der Waals surface area (Å²) in [7, 11) is 0. The minimum absolute atomic E-state index is 0. The summed E-state index contributed by atoms with van der Waals surface area (Å²) in [6.07, 6.45) is 9.67. The van der Waals surface area contributed by atoms with Crippen LogP contribution in [0.25, 0.3) is 0 Å². The molecule has 0 aliphatic rings. The van der Waals surface area contributed by atoms with E-state index in [4.69, 9.17) is 0 Å². The van der Waals surface area contributed by atoms with Gasteiger partial charge in [-0.05, 0) is 0 Å². The van der Waals surface area contributed by atoms with Crippen LogP contribution in [0.15, 0.2) is 24.3 Å². The quantitative estimate of drug-likeness (QED) is 0.366. The van der Waals surface area contributed by atoms with Gasteiger partial charge < -0.3 is 0 Å². The molecule has 0 saturated heterocycles. The van der Waals surface area contributed by atoms with Gasteiger partial charge in [0.15, 0.2) is 0 Å². The fraction of sp³-hybridized carbons (Fsp3) is 0.615. The normalized spacial score (nSPS) is 9.79. The molecule has 14 heavy (non-hydrogen) atoms. The molecule has 0 aliphatic carbocycles. The van der Waals surface area contributed by atoms with Crippen LogP contribution in [0.5, 0.6) is 0 Å². The maximum atomic E-state index is 2.27. The fourth-order valence-corrected chi connectivity index (χ4v) is 1.69. The minimum atomic E-state index is 0. The van der Waals surface area contributed by atoms with Crippen LogP contribution in [-0.4, -0.2) is 0 Å². The van der Waals surface area contributed by atoms with Gasteiger partial charge in [-0.2, -0.15) is 17.7 Å². The van der Waals surface area contributed by atoms with E-state index in [1.807, 2.05) is 0 Å². The molecule has 1 aromatic rings. The zero-order valence-corrected chi connectivity index (χ0v) is 12.9. The summed E-state index contributed by atoms with van der Waals surface area (Å²) >= 11 is 0. The first-order chi connectivity index (χ1) is 6.43. The average molecular weight is 216 g/mol. The topological polar surface area (TPSA) is 0 Å². The Balaban J connectivity index is 0.00000169. The molecule has 0 bridgehead atoms. The van der Waals surface area contributed by atoms with Gasteiger partial charge >= 0.3 is 51.4 Å². The van der Waals surface area contributed by atoms with E-state index in [-0.39, 0.29) is 51.4 Å². The molecule has 1 rings (SSSR count).